The average Bonchev–Trinajstić information content (AvgIpc) is 0.796. The van der Waals surface area contributed by atoms with Crippen molar-refractivity contribution < 1.29 is 9.90 Å². The summed E-state index contributed by atoms with van der Waals surface area (Å²) < 4.78 is 0. The number of carbonyl (C=O) groups is 1. The zero-order chi connectivity index (χ0) is 64.6. The first-order chi connectivity index (χ1) is 46.7. The SMILES string of the molecule is C=C(/C=C\C(=C/C)c1ccc(-c2nc(-c3ccccc3)nc(-c3ccccc3)n2)cn1)C1=CCC(C)C=C1c1cc(-c2ccccc2-c2ccc(-c3ccc(-c4nc(-c5ccccc5)nc(-c5ccccc5)n4)cn3)cc2)cc(-c2ccccc2-c2ccc(C(=O)O)nc2)c1. The third-order valence-electron chi connectivity index (χ3n) is 16.8. The summed E-state index contributed by atoms with van der Waals surface area (Å²) >= 11 is 0. The summed E-state index contributed by atoms with van der Waals surface area (Å²) in [7, 11) is 0. The van der Waals surface area contributed by atoms with E-state index < -0.39 is 5.97 Å². The van der Waals surface area contributed by atoms with E-state index in [1.807, 2.05) is 183 Å². The largest absolute Gasteiger partial charge is 0.477 e. The molecule has 13 aromatic rings. The quantitative estimate of drug-likeness (QED) is 0.0867. The Hall–Kier alpha value is -12.6. The van der Waals surface area contributed by atoms with Gasteiger partial charge in [-0.3, -0.25) is 9.97 Å². The van der Waals surface area contributed by atoms with Crippen molar-refractivity contribution in [3.05, 3.63) is 332 Å². The molecule has 5 heterocycles. The van der Waals surface area contributed by atoms with Crippen LogP contribution < -0.4 is 0 Å². The van der Waals surface area contributed by atoms with Crippen molar-refractivity contribution >= 4 is 17.1 Å². The summed E-state index contributed by atoms with van der Waals surface area (Å²) in [5, 5.41) is 9.78. The average molecular weight is 1230 g/mol. The molecule has 454 valence electrons. The van der Waals surface area contributed by atoms with Crippen LogP contribution in [0, 0.1) is 5.92 Å². The van der Waals surface area contributed by atoms with Crippen LogP contribution in [0.25, 0.3) is 135 Å². The molecule has 0 amide bonds. The third-order valence-corrected chi connectivity index (χ3v) is 16.8. The fraction of sp³-hybridized carbons (Fsp3) is 0.0476. The number of carboxylic acid groups (broad SMARTS) is 1. The molecular formula is C84H61N9O2. The van der Waals surface area contributed by atoms with Crippen molar-refractivity contribution in [2.45, 2.75) is 20.3 Å². The second-order valence-corrected chi connectivity index (χ2v) is 23.2. The molecule has 5 aromatic heterocycles. The van der Waals surface area contributed by atoms with Crippen molar-refractivity contribution in [2.24, 2.45) is 5.92 Å². The molecule has 0 saturated carbocycles. The predicted octanol–water partition coefficient (Wildman–Crippen LogP) is 19.8. The number of hydrogen-bond donors (Lipinski definition) is 1. The minimum absolute atomic E-state index is 0.0181. The Morgan fingerprint density at radius 3 is 1.21 bits per heavy atom. The van der Waals surface area contributed by atoms with Gasteiger partial charge in [0.2, 0.25) is 0 Å². The molecule has 8 aromatic carbocycles. The molecule has 0 bridgehead atoms. The Morgan fingerprint density at radius 1 is 0.400 bits per heavy atom. The van der Waals surface area contributed by atoms with Gasteiger partial charge in [-0.25, -0.2) is 39.7 Å². The van der Waals surface area contributed by atoms with Crippen molar-refractivity contribution in [2.75, 3.05) is 0 Å². The lowest BCUT2D eigenvalue weighted by Crippen LogP contribution is -2.03. The molecule has 1 aliphatic rings. The maximum Gasteiger partial charge on any atom is 0.354 e. The molecule has 95 heavy (non-hydrogen) atoms. The summed E-state index contributed by atoms with van der Waals surface area (Å²) in [6.07, 6.45) is 17.0. The van der Waals surface area contributed by atoms with E-state index in [1.165, 1.54) is 0 Å². The molecule has 1 atom stereocenters. The van der Waals surface area contributed by atoms with E-state index >= 15 is 0 Å². The van der Waals surface area contributed by atoms with Gasteiger partial charge in [0.25, 0.3) is 0 Å². The van der Waals surface area contributed by atoms with E-state index in [0.717, 1.165) is 129 Å². The van der Waals surface area contributed by atoms with Crippen molar-refractivity contribution in [3.63, 3.8) is 0 Å². The van der Waals surface area contributed by atoms with Gasteiger partial charge in [-0.2, -0.15) is 0 Å². The highest BCUT2D eigenvalue weighted by molar-refractivity contribution is 5.95. The highest BCUT2D eigenvalue weighted by Gasteiger charge is 2.22. The number of pyridine rings is 3. The first-order valence-corrected chi connectivity index (χ1v) is 31.4. The summed E-state index contributed by atoms with van der Waals surface area (Å²) in [6.45, 7) is 9.00. The van der Waals surface area contributed by atoms with Gasteiger partial charge in [-0.05, 0) is 135 Å². The molecule has 11 heteroatoms. The molecule has 0 radical (unpaired) electrons. The molecule has 0 saturated heterocycles. The molecule has 1 N–H and O–H groups in total. The van der Waals surface area contributed by atoms with E-state index in [1.54, 1.807) is 12.3 Å². The zero-order valence-electron chi connectivity index (χ0n) is 52.2. The van der Waals surface area contributed by atoms with Crippen molar-refractivity contribution in [1.29, 1.82) is 0 Å². The second kappa shape index (κ2) is 27.1. The first kappa shape index (κ1) is 60.0. The summed E-state index contributed by atoms with van der Waals surface area (Å²) in [6, 6.07) is 83.3. The van der Waals surface area contributed by atoms with Crippen LogP contribution in [0.1, 0.15) is 42.0 Å². The number of nitrogens with zero attached hydrogens (tertiary/aromatic N) is 9. The Labute approximate surface area is 551 Å². The Bertz CT molecular complexity index is 5000. The van der Waals surface area contributed by atoms with Crippen molar-refractivity contribution in [1.82, 2.24) is 44.9 Å². The summed E-state index contributed by atoms with van der Waals surface area (Å²) in [5.41, 5.74) is 20.5. The molecule has 0 fully saturated rings. The molecule has 1 unspecified atom stereocenters. The number of benzene rings is 8. The minimum Gasteiger partial charge on any atom is -0.477 e. The summed E-state index contributed by atoms with van der Waals surface area (Å²) in [5.74, 6) is 2.60. The zero-order valence-corrected chi connectivity index (χ0v) is 52.2. The third kappa shape index (κ3) is 13.2. The highest BCUT2D eigenvalue weighted by Crippen LogP contribution is 2.43. The molecule has 1 aliphatic carbocycles. The van der Waals surface area contributed by atoms with E-state index in [0.29, 0.717) is 34.9 Å². The Balaban J connectivity index is 0.782. The van der Waals surface area contributed by atoms with Crippen molar-refractivity contribution in [3.8, 4) is 124 Å². The van der Waals surface area contributed by atoms with Crippen LogP contribution >= 0.6 is 0 Å². The van der Waals surface area contributed by atoms with E-state index in [9.17, 15) is 9.90 Å². The van der Waals surface area contributed by atoms with Crippen LogP contribution in [0.5, 0.6) is 0 Å². The standard InChI is InChI=1S/C84H61N9O2/c1-4-56(75-44-41-64(52-85-75)82-90-78(59-21-9-5-10-22-59)88-79(91-82)60-23-11-6-12-24-60)35-34-55(3)69-43-33-54(2)47-74(69)68-49-66(48-67(50-68)73-32-20-18-30-71(73)63-40-46-77(84(94)95)87-51-63)72-31-19-17-29-70(72)57-36-38-58(39-37-57)76-45-42-65(53-86-76)83-92-80(61-25-13-7-14-26-61)89-81(93-83)62-27-15-8-16-28-62/h4-32,34-54H,3,33H2,1-2H3,(H,94,95)/b35-34-,56-4+. The monoisotopic (exact) mass is 1230 g/mol. The lowest BCUT2D eigenvalue weighted by Gasteiger charge is -2.23. The van der Waals surface area contributed by atoms with Crippen LogP contribution in [-0.2, 0) is 0 Å². The van der Waals surface area contributed by atoms with Crippen LogP contribution in [0.15, 0.2) is 315 Å². The summed E-state index contributed by atoms with van der Waals surface area (Å²) in [4.78, 5) is 55.7. The second-order valence-electron chi connectivity index (χ2n) is 23.2. The van der Waals surface area contributed by atoms with E-state index in [4.69, 9.17) is 46.5 Å². The first-order valence-electron chi connectivity index (χ1n) is 31.4. The van der Waals surface area contributed by atoms with Gasteiger partial charge in [-0.15, -0.1) is 0 Å². The van der Waals surface area contributed by atoms with Crippen LogP contribution in [0.4, 0.5) is 0 Å². The number of aromatic nitrogens is 9. The molecule has 11 nitrogen and oxygen atoms in total. The van der Waals surface area contributed by atoms with E-state index in [-0.39, 0.29) is 11.6 Å². The van der Waals surface area contributed by atoms with Gasteiger partial charge in [0, 0.05) is 63.1 Å². The maximum atomic E-state index is 11.9. The maximum absolute atomic E-state index is 11.9. The van der Waals surface area contributed by atoms with Gasteiger partial charge >= 0.3 is 5.97 Å². The highest BCUT2D eigenvalue weighted by atomic mass is 16.4. The lowest BCUT2D eigenvalue weighted by atomic mass is 9.81. The molecule has 0 spiro atoms. The Kier molecular flexibility index (Phi) is 17.1. The molecule has 0 aliphatic heterocycles. The fourth-order valence-corrected chi connectivity index (χ4v) is 11.9. The van der Waals surface area contributed by atoms with Crippen LogP contribution in [-0.4, -0.2) is 55.9 Å². The molecule has 14 rings (SSSR count). The Morgan fingerprint density at radius 2 is 0.779 bits per heavy atom. The van der Waals surface area contributed by atoms with Gasteiger partial charge in [0.15, 0.2) is 34.9 Å². The number of allylic oxidation sites excluding steroid dienone is 9. The number of rotatable bonds is 17. The van der Waals surface area contributed by atoms with Gasteiger partial charge < -0.3 is 5.11 Å². The van der Waals surface area contributed by atoms with Crippen LogP contribution in [0.2, 0.25) is 0 Å². The van der Waals surface area contributed by atoms with Crippen LogP contribution in [0.3, 0.4) is 0 Å². The number of carboxylic acids is 1. The lowest BCUT2D eigenvalue weighted by molar-refractivity contribution is 0.0690. The normalized spacial score (nSPS) is 13.1. The van der Waals surface area contributed by atoms with Gasteiger partial charge in [-0.1, -0.05) is 244 Å². The molecular weight excluding hydrogens is 1170 g/mol. The number of hydrogen-bond acceptors (Lipinski definition) is 10. The smallest absolute Gasteiger partial charge is 0.354 e. The fourth-order valence-electron chi connectivity index (χ4n) is 11.9. The van der Waals surface area contributed by atoms with Gasteiger partial charge in [0.1, 0.15) is 5.69 Å². The topological polar surface area (TPSA) is 153 Å². The van der Waals surface area contributed by atoms with Gasteiger partial charge in [0.05, 0.1) is 11.4 Å². The minimum atomic E-state index is -1.08. The predicted molar refractivity (Wildman–Crippen MR) is 382 cm³/mol. The number of aromatic carboxylic acids is 1. The van der Waals surface area contributed by atoms with E-state index in [2.05, 4.69) is 121 Å².